The first-order chi connectivity index (χ1) is 9.00. The molecule has 1 aliphatic rings. The zero-order valence-electron chi connectivity index (χ0n) is 11.0. The maximum atomic E-state index is 13.8. The molecule has 1 heterocycles. The minimum Gasteiger partial charge on any atom is -0.313 e. The fourth-order valence-corrected chi connectivity index (χ4v) is 2.52. The Kier molecular flexibility index (Phi) is 4.54. The van der Waals surface area contributed by atoms with Gasteiger partial charge in [-0.1, -0.05) is 15.9 Å². The molecule has 0 spiro atoms. The van der Waals surface area contributed by atoms with E-state index in [1.54, 1.807) is 19.2 Å². The number of likely N-dealkylation sites (N-methyl/N-ethyl adjacent to an activating group) is 2. The minimum atomic E-state index is -0.398. The fourth-order valence-electron chi connectivity index (χ4n) is 2.17. The van der Waals surface area contributed by atoms with Crippen LogP contribution in [0.4, 0.5) is 10.1 Å². The van der Waals surface area contributed by atoms with Crippen molar-refractivity contribution in [1.82, 2.24) is 10.2 Å². The number of halogens is 2. The van der Waals surface area contributed by atoms with E-state index in [2.05, 4.69) is 21.2 Å². The highest BCUT2D eigenvalue weighted by Crippen LogP contribution is 2.24. The molecule has 104 valence electrons. The van der Waals surface area contributed by atoms with Crippen LogP contribution in [0.3, 0.4) is 0 Å². The fraction of sp³-hybridized carbons (Fsp3) is 0.462. The van der Waals surface area contributed by atoms with Crippen molar-refractivity contribution in [3.63, 3.8) is 0 Å². The standard InChI is InChI=1S/C13H17BrFN3O/c1-17-6-5-16-8-12(17)13(19)18(2)11-7-9(14)3-4-10(11)15/h3-4,7,12,16H,5-6,8H2,1-2H3. The van der Waals surface area contributed by atoms with Crippen LogP contribution in [0.5, 0.6) is 0 Å². The van der Waals surface area contributed by atoms with Crippen molar-refractivity contribution < 1.29 is 9.18 Å². The molecule has 19 heavy (non-hydrogen) atoms. The summed E-state index contributed by atoms with van der Waals surface area (Å²) in [7, 11) is 3.52. The molecule has 2 rings (SSSR count). The zero-order valence-corrected chi connectivity index (χ0v) is 12.6. The van der Waals surface area contributed by atoms with E-state index in [1.165, 1.54) is 11.0 Å². The molecular formula is C13H17BrFN3O. The van der Waals surface area contributed by atoms with Crippen LogP contribution in [-0.2, 0) is 4.79 Å². The van der Waals surface area contributed by atoms with Gasteiger partial charge in [0, 0.05) is 31.2 Å². The summed E-state index contributed by atoms with van der Waals surface area (Å²) in [5.41, 5.74) is 0.290. The first kappa shape index (κ1) is 14.4. The van der Waals surface area contributed by atoms with Crippen molar-refractivity contribution >= 4 is 27.5 Å². The molecule has 1 fully saturated rings. The molecule has 6 heteroatoms. The SMILES string of the molecule is CN(C(=O)C1CNCCN1C)c1cc(Br)ccc1F. The molecule has 1 atom stereocenters. The van der Waals surface area contributed by atoms with Gasteiger partial charge in [0.05, 0.1) is 5.69 Å². The van der Waals surface area contributed by atoms with Crippen LogP contribution in [0.15, 0.2) is 22.7 Å². The van der Waals surface area contributed by atoms with E-state index in [0.717, 1.165) is 17.6 Å². The van der Waals surface area contributed by atoms with Crippen molar-refractivity contribution in [2.24, 2.45) is 0 Å². The van der Waals surface area contributed by atoms with E-state index in [4.69, 9.17) is 0 Å². The number of hydrogen-bond acceptors (Lipinski definition) is 3. The summed E-state index contributed by atoms with van der Waals surface area (Å²) in [6, 6.07) is 4.33. The Morgan fingerprint density at radius 2 is 2.32 bits per heavy atom. The molecule has 1 unspecified atom stereocenters. The third kappa shape index (κ3) is 3.13. The first-order valence-corrected chi connectivity index (χ1v) is 6.93. The van der Waals surface area contributed by atoms with Crippen molar-refractivity contribution in [2.75, 3.05) is 38.6 Å². The molecule has 1 aromatic rings. The third-order valence-electron chi connectivity index (χ3n) is 3.40. The molecule has 1 aliphatic heterocycles. The highest BCUT2D eigenvalue weighted by atomic mass is 79.9. The molecule has 0 saturated carbocycles. The molecule has 0 bridgehead atoms. The maximum Gasteiger partial charge on any atom is 0.245 e. The van der Waals surface area contributed by atoms with Gasteiger partial charge in [-0.05, 0) is 25.2 Å². The van der Waals surface area contributed by atoms with E-state index >= 15 is 0 Å². The van der Waals surface area contributed by atoms with Crippen molar-refractivity contribution in [2.45, 2.75) is 6.04 Å². The predicted octanol–water partition coefficient (Wildman–Crippen LogP) is 1.45. The lowest BCUT2D eigenvalue weighted by atomic mass is 10.1. The number of carbonyl (C=O) groups excluding carboxylic acids is 1. The second-order valence-corrected chi connectivity index (χ2v) is 5.61. The van der Waals surface area contributed by atoms with Gasteiger partial charge >= 0.3 is 0 Å². The van der Waals surface area contributed by atoms with Crippen molar-refractivity contribution in [3.8, 4) is 0 Å². The number of piperazine rings is 1. The van der Waals surface area contributed by atoms with Crippen LogP contribution < -0.4 is 10.2 Å². The van der Waals surface area contributed by atoms with Crippen LogP contribution in [0.2, 0.25) is 0 Å². The average Bonchev–Trinajstić information content (AvgIpc) is 2.40. The van der Waals surface area contributed by atoms with E-state index in [1.807, 2.05) is 11.9 Å². The van der Waals surface area contributed by atoms with E-state index in [-0.39, 0.29) is 11.9 Å². The third-order valence-corrected chi connectivity index (χ3v) is 3.89. The number of amides is 1. The van der Waals surface area contributed by atoms with Gasteiger partial charge in [-0.25, -0.2) is 4.39 Å². The van der Waals surface area contributed by atoms with Crippen LogP contribution in [0.25, 0.3) is 0 Å². The summed E-state index contributed by atoms with van der Waals surface area (Å²) in [5, 5.41) is 3.19. The van der Waals surface area contributed by atoms with Crippen molar-refractivity contribution in [3.05, 3.63) is 28.5 Å². The van der Waals surface area contributed by atoms with E-state index in [0.29, 0.717) is 12.2 Å². The number of nitrogens with zero attached hydrogens (tertiary/aromatic N) is 2. The highest BCUT2D eigenvalue weighted by molar-refractivity contribution is 9.10. The van der Waals surface area contributed by atoms with Crippen LogP contribution >= 0.6 is 15.9 Å². The van der Waals surface area contributed by atoms with Gasteiger partial charge in [0.1, 0.15) is 11.9 Å². The second kappa shape index (κ2) is 5.98. The number of carbonyl (C=O) groups is 1. The molecule has 4 nitrogen and oxygen atoms in total. The summed E-state index contributed by atoms with van der Waals surface area (Å²) < 4.78 is 14.5. The summed E-state index contributed by atoms with van der Waals surface area (Å²) in [5.74, 6) is -0.503. The van der Waals surface area contributed by atoms with Gasteiger partial charge in [0.15, 0.2) is 0 Å². The smallest absolute Gasteiger partial charge is 0.245 e. The van der Waals surface area contributed by atoms with Gasteiger partial charge in [-0.15, -0.1) is 0 Å². The number of anilines is 1. The number of nitrogens with one attached hydrogen (secondary N) is 1. The maximum absolute atomic E-state index is 13.8. The Balaban J connectivity index is 2.20. The molecule has 1 saturated heterocycles. The number of rotatable bonds is 2. The van der Waals surface area contributed by atoms with Gasteiger partial charge in [-0.3, -0.25) is 9.69 Å². The van der Waals surface area contributed by atoms with Crippen LogP contribution in [0.1, 0.15) is 0 Å². The molecule has 0 radical (unpaired) electrons. The Hall–Kier alpha value is -0.980. The normalized spacial score (nSPS) is 20.3. The van der Waals surface area contributed by atoms with Gasteiger partial charge in [0.2, 0.25) is 5.91 Å². The Labute approximate surface area is 120 Å². The zero-order chi connectivity index (χ0) is 14.0. The lowest BCUT2D eigenvalue weighted by molar-refractivity contribution is -0.123. The van der Waals surface area contributed by atoms with Crippen LogP contribution in [-0.4, -0.2) is 50.6 Å². The molecular weight excluding hydrogens is 313 g/mol. The number of benzene rings is 1. The van der Waals surface area contributed by atoms with Gasteiger partial charge in [-0.2, -0.15) is 0 Å². The minimum absolute atomic E-state index is 0.105. The van der Waals surface area contributed by atoms with E-state index in [9.17, 15) is 9.18 Å². The summed E-state index contributed by atoms with van der Waals surface area (Å²) >= 11 is 3.29. The van der Waals surface area contributed by atoms with Crippen LogP contribution in [0, 0.1) is 5.82 Å². The quantitative estimate of drug-likeness (QED) is 0.892. The predicted molar refractivity (Wildman–Crippen MR) is 76.8 cm³/mol. The molecule has 0 aromatic heterocycles. The Morgan fingerprint density at radius 1 is 1.58 bits per heavy atom. The lowest BCUT2D eigenvalue weighted by Gasteiger charge is -2.34. The Bertz CT molecular complexity index is 483. The lowest BCUT2D eigenvalue weighted by Crippen LogP contribution is -2.56. The number of hydrogen-bond donors (Lipinski definition) is 1. The van der Waals surface area contributed by atoms with Crippen molar-refractivity contribution in [1.29, 1.82) is 0 Å². The molecule has 1 N–H and O–H groups in total. The van der Waals surface area contributed by atoms with Gasteiger partial charge < -0.3 is 10.2 Å². The molecule has 1 aromatic carbocycles. The first-order valence-electron chi connectivity index (χ1n) is 6.14. The van der Waals surface area contributed by atoms with E-state index < -0.39 is 5.82 Å². The molecule has 0 aliphatic carbocycles. The highest BCUT2D eigenvalue weighted by Gasteiger charge is 2.29. The topological polar surface area (TPSA) is 35.6 Å². The average molecular weight is 330 g/mol. The summed E-state index contributed by atoms with van der Waals surface area (Å²) in [6.07, 6.45) is 0. The Morgan fingerprint density at radius 3 is 3.00 bits per heavy atom. The monoisotopic (exact) mass is 329 g/mol. The largest absolute Gasteiger partial charge is 0.313 e. The second-order valence-electron chi connectivity index (χ2n) is 4.69. The summed E-state index contributed by atoms with van der Waals surface area (Å²) in [6.45, 7) is 2.27. The molecule has 1 amide bonds. The summed E-state index contributed by atoms with van der Waals surface area (Å²) in [4.78, 5) is 15.8. The van der Waals surface area contributed by atoms with Gasteiger partial charge in [0.25, 0.3) is 0 Å².